The number of benzene rings is 1. The van der Waals surface area contributed by atoms with Crippen LogP contribution in [0.3, 0.4) is 0 Å². The summed E-state index contributed by atoms with van der Waals surface area (Å²) in [6.45, 7) is -0.359. The molecule has 3 nitrogen and oxygen atoms in total. The van der Waals surface area contributed by atoms with Gasteiger partial charge in [-0.15, -0.1) is 0 Å². The van der Waals surface area contributed by atoms with Crippen LogP contribution in [0.1, 0.15) is 5.69 Å². The predicted octanol–water partition coefficient (Wildman–Crippen LogP) is 3.73. The molecule has 0 aliphatic carbocycles. The van der Waals surface area contributed by atoms with E-state index < -0.39 is 6.67 Å². The van der Waals surface area contributed by atoms with E-state index in [1.807, 2.05) is 0 Å². The van der Waals surface area contributed by atoms with Crippen molar-refractivity contribution in [1.82, 2.24) is 4.98 Å². The molecule has 6 heteroatoms. The summed E-state index contributed by atoms with van der Waals surface area (Å²) >= 11 is 11.8. The fourth-order valence-corrected chi connectivity index (χ4v) is 2.07. The predicted molar refractivity (Wildman–Crippen MR) is 69.1 cm³/mol. The quantitative estimate of drug-likeness (QED) is 0.872. The Morgan fingerprint density at radius 3 is 2.78 bits per heavy atom. The van der Waals surface area contributed by atoms with E-state index in [2.05, 4.69) is 4.98 Å². The Hall–Kier alpha value is -1.10. The summed E-state index contributed by atoms with van der Waals surface area (Å²) in [6.07, 6.45) is 0. The molecule has 0 amide bonds. The Kier molecular flexibility index (Phi) is 4.22. The van der Waals surface area contributed by atoms with E-state index >= 15 is 0 Å². The highest BCUT2D eigenvalue weighted by molar-refractivity contribution is 6.39. The third-order valence-electron chi connectivity index (χ3n) is 2.39. The van der Waals surface area contributed by atoms with E-state index in [-0.39, 0.29) is 24.0 Å². The van der Waals surface area contributed by atoms with Crippen molar-refractivity contribution < 1.29 is 14.2 Å². The van der Waals surface area contributed by atoms with Gasteiger partial charge in [0.05, 0.1) is 29.0 Å². The van der Waals surface area contributed by atoms with Crippen LogP contribution in [0, 0.1) is 0 Å². The summed E-state index contributed by atoms with van der Waals surface area (Å²) in [5, 5.41) is 11.0. The van der Waals surface area contributed by atoms with Crippen LogP contribution in [-0.2, 0) is 11.3 Å². The first-order chi connectivity index (χ1) is 8.63. The Morgan fingerprint density at radius 1 is 1.28 bits per heavy atom. The molecule has 96 valence electrons. The second-order valence-electron chi connectivity index (χ2n) is 3.63. The number of phenols is 1. The number of pyridine rings is 1. The molecule has 0 spiro atoms. The summed E-state index contributed by atoms with van der Waals surface area (Å²) < 4.78 is 16.9. The number of hydrogen-bond donors (Lipinski definition) is 1. The number of halogens is 3. The van der Waals surface area contributed by atoms with Gasteiger partial charge in [0.1, 0.15) is 12.2 Å². The van der Waals surface area contributed by atoms with Gasteiger partial charge in [0.2, 0.25) is 0 Å². The third kappa shape index (κ3) is 2.66. The van der Waals surface area contributed by atoms with Crippen LogP contribution >= 0.6 is 23.2 Å². The smallest absolute Gasteiger partial charge is 0.160 e. The lowest BCUT2D eigenvalue weighted by atomic mass is 10.2. The van der Waals surface area contributed by atoms with Crippen LogP contribution in [0.5, 0.6) is 5.75 Å². The fraction of sp³-hybridized carbons (Fsp3) is 0.250. The molecular weight excluding hydrogens is 280 g/mol. The van der Waals surface area contributed by atoms with E-state index in [9.17, 15) is 9.50 Å². The number of ether oxygens (including phenoxy) is 1. The molecule has 1 N–H and O–H groups in total. The molecule has 0 radical (unpaired) electrons. The summed E-state index contributed by atoms with van der Waals surface area (Å²) in [7, 11) is 0. The summed E-state index contributed by atoms with van der Waals surface area (Å²) in [5.41, 5.74) is 0.887. The van der Waals surface area contributed by atoms with Gasteiger partial charge in [-0.2, -0.15) is 0 Å². The van der Waals surface area contributed by atoms with Crippen LogP contribution in [0.25, 0.3) is 10.9 Å². The lowest BCUT2D eigenvalue weighted by Gasteiger charge is -2.07. The highest BCUT2D eigenvalue weighted by Crippen LogP contribution is 2.36. The number of hydrogen-bond acceptors (Lipinski definition) is 3. The van der Waals surface area contributed by atoms with Crippen molar-refractivity contribution in [1.29, 1.82) is 0 Å². The van der Waals surface area contributed by atoms with Gasteiger partial charge in [-0.3, -0.25) is 0 Å². The molecule has 0 aliphatic heterocycles. The number of fused-ring (bicyclic) bond motifs is 1. The molecule has 2 aromatic rings. The summed E-state index contributed by atoms with van der Waals surface area (Å²) in [5.74, 6) is -0.122. The number of alkyl halides is 1. The lowest BCUT2D eigenvalue weighted by molar-refractivity contribution is 0.104. The fourth-order valence-electron chi connectivity index (χ4n) is 1.55. The first-order valence-corrected chi connectivity index (χ1v) is 5.99. The van der Waals surface area contributed by atoms with Gasteiger partial charge < -0.3 is 9.84 Å². The molecule has 0 aliphatic rings. The van der Waals surface area contributed by atoms with Crippen molar-refractivity contribution in [2.24, 2.45) is 0 Å². The molecule has 0 atom stereocenters. The zero-order valence-corrected chi connectivity index (χ0v) is 10.8. The second kappa shape index (κ2) is 5.69. The Bertz CT molecular complexity index is 577. The van der Waals surface area contributed by atoms with Crippen LogP contribution in [-0.4, -0.2) is 23.4 Å². The van der Waals surface area contributed by atoms with E-state index in [1.165, 1.54) is 6.07 Å². The average molecular weight is 290 g/mol. The number of aromatic hydroxyl groups is 1. The van der Waals surface area contributed by atoms with E-state index in [0.717, 1.165) is 0 Å². The number of rotatable bonds is 4. The molecule has 0 saturated heterocycles. The first-order valence-electron chi connectivity index (χ1n) is 5.23. The number of phenolic OH excluding ortho intramolecular Hbond substituents is 1. The summed E-state index contributed by atoms with van der Waals surface area (Å²) in [6, 6.07) is 4.89. The van der Waals surface area contributed by atoms with Gasteiger partial charge in [0.15, 0.2) is 5.75 Å². The normalized spacial score (nSPS) is 11.1. The van der Waals surface area contributed by atoms with E-state index in [4.69, 9.17) is 27.9 Å². The monoisotopic (exact) mass is 289 g/mol. The molecule has 0 unspecified atom stereocenters. The molecular formula is C12H10Cl2FNO2. The Labute approximate surface area is 113 Å². The average Bonchev–Trinajstić information content (AvgIpc) is 2.36. The van der Waals surface area contributed by atoms with Crippen LogP contribution < -0.4 is 0 Å². The van der Waals surface area contributed by atoms with E-state index in [0.29, 0.717) is 21.6 Å². The van der Waals surface area contributed by atoms with Gasteiger partial charge in [-0.05, 0) is 18.2 Å². The molecule has 0 fully saturated rings. The van der Waals surface area contributed by atoms with Gasteiger partial charge in [0, 0.05) is 5.39 Å². The topological polar surface area (TPSA) is 42.4 Å². The molecule has 0 saturated carbocycles. The van der Waals surface area contributed by atoms with Crippen molar-refractivity contribution in [2.45, 2.75) is 6.61 Å². The first kappa shape index (κ1) is 13.3. The Balaban J connectivity index is 2.40. The molecule has 1 aromatic carbocycles. The standard InChI is InChI=1S/C12H10Cl2FNO2/c13-9-5-10(14)12(17)11-8(9)2-1-7(16-11)6-18-4-3-15/h1-2,5,17H,3-4,6H2. The lowest BCUT2D eigenvalue weighted by Crippen LogP contribution is -1.99. The van der Waals surface area contributed by atoms with Crippen LogP contribution in [0.15, 0.2) is 18.2 Å². The second-order valence-corrected chi connectivity index (χ2v) is 4.44. The maximum Gasteiger partial charge on any atom is 0.160 e. The van der Waals surface area contributed by atoms with Crippen molar-refractivity contribution in [3.05, 3.63) is 33.9 Å². The summed E-state index contributed by atoms with van der Waals surface area (Å²) in [4.78, 5) is 4.20. The maximum absolute atomic E-state index is 11.9. The van der Waals surface area contributed by atoms with Crippen molar-refractivity contribution in [3.63, 3.8) is 0 Å². The van der Waals surface area contributed by atoms with Crippen LogP contribution in [0.2, 0.25) is 10.0 Å². The van der Waals surface area contributed by atoms with Crippen molar-refractivity contribution >= 4 is 34.1 Å². The number of aromatic nitrogens is 1. The van der Waals surface area contributed by atoms with Gasteiger partial charge in [0.25, 0.3) is 0 Å². The molecule has 2 rings (SSSR count). The third-order valence-corrected chi connectivity index (χ3v) is 2.99. The maximum atomic E-state index is 11.9. The van der Waals surface area contributed by atoms with Crippen molar-refractivity contribution in [2.75, 3.05) is 13.3 Å². The van der Waals surface area contributed by atoms with Gasteiger partial charge >= 0.3 is 0 Å². The zero-order chi connectivity index (χ0) is 13.1. The Morgan fingerprint density at radius 2 is 2.06 bits per heavy atom. The van der Waals surface area contributed by atoms with Gasteiger partial charge in [-0.1, -0.05) is 23.2 Å². The highest BCUT2D eigenvalue weighted by atomic mass is 35.5. The SMILES string of the molecule is Oc1c(Cl)cc(Cl)c2ccc(COCCF)nc12. The minimum Gasteiger partial charge on any atom is -0.504 e. The minimum atomic E-state index is -0.545. The van der Waals surface area contributed by atoms with Crippen LogP contribution in [0.4, 0.5) is 4.39 Å². The molecule has 18 heavy (non-hydrogen) atoms. The molecule has 1 heterocycles. The zero-order valence-electron chi connectivity index (χ0n) is 9.29. The van der Waals surface area contributed by atoms with E-state index in [1.54, 1.807) is 12.1 Å². The highest BCUT2D eigenvalue weighted by Gasteiger charge is 2.11. The largest absolute Gasteiger partial charge is 0.504 e. The molecule has 1 aromatic heterocycles. The van der Waals surface area contributed by atoms with Crippen molar-refractivity contribution in [3.8, 4) is 5.75 Å². The number of nitrogens with zero attached hydrogens (tertiary/aromatic N) is 1. The van der Waals surface area contributed by atoms with Gasteiger partial charge in [-0.25, -0.2) is 9.37 Å². The minimum absolute atomic E-state index is 0.0159. The molecule has 0 bridgehead atoms.